The molecule has 0 aliphatic rings. The molecular formula is C13H11Br2FN2. The lowest BCUT2D eigenvalue weighted by atomic mass is 10.2. The molecule has 0 aliphatic carbocycles. The van der Waals surface area contributed by atoms with E-state index < -0.39 is 0 Å². The largest absolute Gasteiger partial charge is 0.397 e. The Morgan fingerprint density at radius 1 is 1.17 bits per heavy atom. The minimum Gasteiger partial charge on any atom is -0.397 e. The van der Waals surface area contributed by atoms with Gasteiger partial charge in [0.2, 0.25) is 0 Å². The van der Waals surface area contributed by atoms with Gasteiger partial charge in [0.1, 0.15) is 5.82 Å². The lowest BCUT2D eigenvalue weighted by molar-refractivity contribution is 0.622. The third-order valence-electron chi connectivity index (χ3n) is 2.46. The Hall–Kier alpha value is -1.07. The molecule has 0 amide bonds. The van der Waals surface area contributed by atoms with Gasteiger partial charge >= 0.3 is 0 Å². The monoisotopic (exact) mass is 372 g/mol. The van der Waals surface area contributed by atoms with Gasteiger partial charge in [0.15, 0.2) is 0 Å². The molecule has 18 heavy (non-hydrogen) atoms. The second kappa shape index (κ2) is 5.71. The van der Waals surface area contributed by atoms with Gasteiger partial charge in [0.25, 0.3) is 0 Å². The third-order valence-corrected chi connectivity index (χ3v) is 3.57. The fourth-order valence-corrected chi connectivity index (χ4v) is 2.35. The van der Waals surface area contributed by atoms with Crippen LogP contribution in [0.15, 0.2) is 45.3 Å². The molecule has 0 atom stereocenters. The Morgan fingerprint density at radius 2 is 1.94 bits per heavy atom. The fourth-order valence-electron chi connectivity index (χ4n) is 1.56. The summed E-state index contributed by atoms with van der Waals surface area (Å²) in [6, 6.07) is 10.9. The molecule has 2 aromatic rings. The Bertz CT molecular complexity index is 573. The zero-order valence-corrected chi connectivity index (χ0v) is 12.6. The van der Waals surface area contributed by atoms with E-state index in [1.807, 2.05) is 24.3 Å². The van der Waals surface area contributed by atoms with Gasteiger partial charge in [-0.3, -0.25) is 0 Å². The number of hydrogen-bond donors (Lipinski definition) is 2. The summed E-state index contributed by atoms with van der Waals surface area (Å²) in [7, 11) is 0. The van der Waals surface area contributed by atoms with Gasteiger partial charge in [-0.25, -0.2) is 4.39 Å². The SMILES string of the molecule is Nc1cc(F)c(Br)cc1NCc1cccc(Br)c1. The van der Waals surface area contributed by atoms with Crippen LogP contribution in [-0.2, 0) is 6.54 Å². The van der Waals surface area contributed by atoms with Crippen LogP contribution in [0.5, 0.6) is 0 Å². The van der Waals surface area contributed by atoms with Crippen LogP contribution in [0.4, 0.5) is 15.8 Å². The van der Waals surface area contributed by atoms with Crippen molar-refractivity contribution < 1.29 is 4.39 Å². The Kier molecular flexibility index (Phi) is 4.24. The van der Waals surface area contributed by atoms with Gasteiger partial charge in [0.05, 0.1) is 15.8 Å². The van der Waals surface area contributed by atoms with E-state index in [1.54, 1.807) is 6.07 Å². The van der Waals surface area contributed by atoms with Crippen LogP contribution in [0.25, 0.3) is 0 Å². The lowest BCUT2D eigenvalue weighted by Crippen LogP contribution is -2.03. The first-order valence-corrected chi connectivity index (χ1v) is 6.87. The van der Waals surface area contributed by atoms with Crippen molar-refractivity contribution in [2.45, 2.75) is 6.54 Å². The van der Waals surface area contributed by atoms with Crippen molar-refractivity contribution in [3.05, 3.63) is 56.7 Å². The van der Waals surface area contributed by atoms with Gasteiger partial charge in [-0.05, 0) is 39.7 Å². The fraction of sp³-hybridized carbons (Fsp3) is 0.0769. The average molecular weight is 374 g/mol. The quantitative estimate of drug-likeness (QED) is 0.775. The van der Waals surface area contributed by atoms with Gasteiger partial charge < -0.3 is 11.1 Å². The van der Waals surface area contributed by atoms with Crippen LogP contribution in [0.3, 0.4) is 0 Å². The molecular weight excluding hydrogens is 363 g/mol. The molecule has 0 aliphatic heterocycles. The zero-order valence-electron chi connectivity index (χ0n) is 9.38. The average Bonchev–Trinajstić information content (AvgIpc) is 2.32. The Balaban J connectivity index is 2.13. The van der Waals surface area contributed by atoms with Crippen molar-refractivity contribution in [2.75, 3.05) is 11.1 Å². The van der Waals surface area contributed by atoms with E-state index in [9.17, 15) is 4.39 Å². The molecule has 3 N–H and O–H groups in total. The predicted molar refractivity (Wildman–Crippen MR) is 80.0 cm³/mol. The van der Waals surface area contributed by atoms with Crippen LogP contribution in [0.1, 0.15) is 5.56 Å². The molecule has 5 heteroatoms. The highest BCUT2D eigenvalue weighted by atomic mass is 79.9. The highest BCUT2D eigenvalue weighted by molar-refractivity contribution is 9.10. The number of hydrogen-bond acceptors (Lipinski definition) is 2. The number of rotatable bonds is 3. The first-order chi connectivity index (χ1) is 8.56. The molecule has 2 aromatic carbocycles. The molecule has 94 valence electrons. The molecule has 0 unspecified atom stereocenters. The van der Waals surface area contributed by atoms with Gasteiger partial charge in [-0.15, -0.1) is 0 Å². The van der Waals surface area contributed by atoms with E-state index in [0.29, 0.717) is 22.4 Å². The summed E-state index contributed by atoms with van der Waals surface area (Å²) in [5.74, 6) is -0.361. The molecule has 0 aromatic heterocycles. The number of halogens is 3. The number of benzene rings is 2. The van der Waals surface area contributed by atoms with Crippen molar-refractivity contribution in [3.8, 4) is 0 Å². The molecule has 0 saturated heterocycles. The maximum atomic E-state index is 13.2. The van der Waals surface area contributed by atoms with E-state index in [2.05, 4.69) is 37.2 Å². The highest BCUT2D eigenvalue weighted by Crippen LogP contribution is 2.27. The number of nitrogens with one attached hydrogen (secondary N) is 1. The summed E-state index contributed by atoms with van der Waals surface area (Å²) in [4.78, 5) is 0. The molecule has 0 spiro atoms. The predicted octanol–water partition coefficient (Wildman–Crippen LogP) is 4.55. The summed E-state index contributed by atoms with van der Waals surface area (Å²) >= 11 is 6.55. The Labute approximate surface area is 122 Å². The first kappa shape index (κ1) is 13.4. The number of nitrogens with two attached hydrogens (primary N) is 1. The summed E-state index contributed by atoms with van der Waals surface area (Å²) < 4.78 is 14.6. The van der Waals surface area contributed by atoms with E-state index in [4.69, 9.17) is 5.73 Å². The molecule has 0 bridgehead atoms. The molecule has 0 saturated carbocycles. The van der Waals surface area contributed by atoms with Crippen LogP contribution < -0.4 is 11.1 Å². The van der Waals surface area contributed by atoms with Crippen LogP contribution in [0, 0.1) is 5.82 Å². The van der Waals surface area contributed by atoms with Crippen molar-refractivity contribution in [1.29, 1.82) is 0 Å². The molecule has 2 rings (SSSR count). The maximum absolute atomic E-state index is 13.2. The van der Waals surface area contributed by atoms with E-state index >= 15 is 0 Å². The molecule has 0 radical (unpaired) electrons. The van der Waals surface area contributed by atoms with Gasteiger partial charge in [-0.1, -0.05) is 28.1 Å². The van der Waals surface area contributed by atoms with E-state index in [-0.39, 0.29) is 5.82 Å². The smallest absolute Gasteiger partial charge is 0.139 e. The summed E-state index contributed by atoms with van der Waals surface area (Å²) in [5.41, 5.74) is 7.97. The van der Waals surface area contributed by atoms with E-state index in [0.717, 1.165) is 10.0 Å². The normalized spacial score (nSPS) is 10.4. The minimum absolute atomic E-state index is 0.361. The van der Waals surface area contributed by atoms with Crippen molar-refractivity contribution in [3.63, 3.8) is 0 Å². The topological polar surface area (TPSA) is 38.0 Å². The second-order valence-corrected chi connectivity index (χ2v) is 5.61. The summed E-state index contributed by atoms with van der Waals surface area (Å²) in [5, 5.41) is 3.18. The van der Waals surface area contributed by atoms with Crippen LogP contribution in [0.2, 0.25) is 0 Å². The number of nitrogen functional groups attached to an aromatic ring is 1. The van der Waals surface area contributed by atoms with Crippen molar-refractivity contribution >= 4 is 43.2 Å². The summed E-state index contributed by atoms with van der Waals surface area (Å²) in [6.07, 6.45) is 0. The van der Waals surface area contributed by atoms with Crippen LogP contribution >= 0.6 is 31.9 Å². The second-order valence-electron chi connectivity index (χ2n) is 3.84. The molecule has 0 heterocycles. The standard InChI is InChI=1S/C13H11Br2FN2/c14-9-3-1-2-8(4-9)7-18-13-5-10(15)11(16)6-12(13)17/h1-6,18H,7,17H2. The first-order valence-electron chi connectivity index (χ1n) is 5.29. The zero-order chi connectivity index (χ0) is 13.1. The molecule has 0 fully saturated rings. The maximum Gasteiger partial charge on any atom is 0.139 e. The minimum atomic E-state index is -0.361. The van der Waals surface area contributed by atoms with Gasteiger partial charge in [-0.2, -0.15) is 0 Å². The van der Waals surface area contributed by atoms with Crippen molar-refractivity contribution in [1.82, 2.24) is 0 Å². The third kappa shape index (κ3) is 3.23. The summed E-state index contributed by atoms with van der Waals surface area (Å²) in [6.45, 7) is 0.627. The number of anilines is 2. The van der Waals surface area contributed by atoms with E-state index in [1.165, 1.54) is 6.07 Å². The Morgan fingerprint density at radius 3 is 2.67 bits per heavy atom. The van der Waals surface area contributed by atoms with Gasteiger partial charge in [0, 0.05) is 17.1 Å². The highest BCUT2D eigenvalue weighted by Gasteiger charge is 2.05. The lowest BCUT2D eigenvalue weighted by Gasteiger charge is -2.10. The van der Waals surface area contributed by atoms with Crippen molar-refractivity contribution in [2.24, 2.45) is 0 Å². The molecule has 2 nitrogen and oxygen atoms in total. The van der Waals surface area contributed by atoms with Crippen LogP contribution in [-0.4, -0.2) is 0 Å².